The summed E-state index contributed by atoms with van der Waals surface area (Å²) in [5.74, 6) is 2.68. The van der Waals surface area contributed by atoms with Crippen LogP contribution in [0, 0.1) is 17.8 Å². The molecule has 0 spiro atoms. The molecule has 1 N–H and O–H groups in total. The zero-order valence-corrected chi connectivity index (χ0v) is 9.97. The van der Waals surface area contributed by atoms with Crippen molar-refractivity contribution in [2.24, 2.45) is 17.8 Å². The Balaban J connectivity index is 2.49. The van der Waals surface area contributed by atoms with Gasteiger partial charge in [0.25, 0.3) is 0 Å². The smallest absolute Gasteiger partial charge is 0.00208 e. The highest BCUT2D eigenvalue weighted by atomic mass is 14.8. The molecule has 0 radical (unpaired) electrons. The third kappa shape index (κ3) is 3.45. The summed E-state index contributed by atoms with van der Waals surface area (Å²) in [7, 11) is 2.07. The highest BCUT2D eigenvalue weighted by Gasteiger charge is 2.27. The molecule has 1 nitrogen and oxygen atoms in total. The van der Waals surface area contributed by atoms with E-state index < -0.39 is 0 Å². The monoisotopic (exact) mass is 195 g/mol. The quantitative estimate of drug-likeness (QED) is 0.679. The van der Waals surface area contributed by atoms with Gasteiger partial charge < -0.3 is 5.32 Å². The number of hydrogen-bond donors (Lipinski definition) is 1. The molecule has 0 aromatic rings. The van der Waals surface area contributed by atoms with Gasteiger partial charge in [-0.1, -0.05) is 18.9 Å². The SMILES string of the molecule is C=C(C)CC1CC(C)CCC1CNC. The van der Waals surface area contributed by atoms with Crippen LogP contribution in [0.3, 0.4) is 0 Å². The molecule has 0 aliphatic heterocycles. The summed E-state index contributed by atoms with van der Waals surface area (Å²) in [4.78, 5) is 0. The van der Waals surface area contributed by atoms with Gasteiger partial charge in [-0.15, -0.1) is 6.58 Å². The summed E-state index contributed by atoms with van der Waals surface area (Å²) in [6.07, 6.45) is 5.45. The fraction of sp³-hybridized carbons (Fsp3) is 0.846. The van der Waals surface area contributed by atoms with E-state index in [0.29, 0.717) is 0 Å². The van der Waals surface area contributed by atoms with Crippen molar-refractivity contribution in [1.82, 2.24) is 5.32 Å². The van der Waals surface area contributed by atoms with Crippen molar-refractivity contribution in [3.8, 4) is 0 Å². The molecular formula is C13H25N. The summed E-state index contributed by atoms with van der Waals surface area (Å²) < 4.78 is 0. The predicted molar refractivity (Wildman–Crippen MR) is 63.4 cm³/mol. The Hall–Kier alpha value is -0.300. The summed E-state index contributed by atoms with van der Waals surface area (Å²) in [6.45, 7) is 9.79. The first kappa shape index (κ1) is 11.8. The van der Waals surface area contributed by atoms with Crippen molar-refractivity contribution in [1.29, 1.82) is 0 Å². The maximum absolute atomic E-state index is 4.05. The van der Waals surface area contributed by atoms with Crippen molar-refractivity contribution in [3.63, 3.8) is 0 Å². The lowest BCUT2D eigenvalue weighted by molar-refractivity contribution is 0.186. The van der Waals surface area contributed by atoms with Crippen molar-refractivity contribution in [3.05, 3.63) is 12.2 Å². The Bertz CT molecular complexity index is 186. The van der Waals surface area contributed by atoms with Gasteiger partial charge >= 0.3 is 0 Å². The second-order valence-corrected chi connectivity index (χ2v) is 5.16. The maximum atomic E-state index is 4.05. The van der Waals surface area contributed by atoms with Gasteiger partial charge in [-0.25, -0.2) is 0 Å². The molecule has 0 bridgehead atoms. The molecule has 0 saturated heterocycles. The van der Waals surface area contributed by atoms with Gasteiger partial charge in [-0.05, 0) is 57.5 Å². The molecule has 0 heterocycles. The zero-order chi connectivity index (χ0) is 10.6. The van der Waals surface area contributed by atoms with E-state index in [4.69, 9.17) is 0 Å². The molecule has 1 heteroatoms. The summed E-state index contributed by atoms with van der Waals surface area (Å²) in [6, 6.07) is 0. The van der Waals surface area contributed by atoms with E-state index >= 15 is 0 Å². The highest BCUT2D eigenvalue weighted by molar-refractivity contribution is 4.94. The molecule has 0 aromatic heterocycles. The van der Waals surface area contributed by atoms with Gasteiger partial charge in [0, 0.05) is 0 Å². The summed E-state index contributed by atoms with van der Waals surface area (Å²) in [5, 5.41) is 3.33. The molecule has 3 atom stereocenters. The lowest BCUT2D eigenvalue weighted by atomic mass is 9.72. The van der Waals surface area contributed by atoms with Gasteiger partial charge in [0.15, 0.2) is 0 Å². The molecule has 1 aliphatic carbocycles. The van der Waals surface area contributed by atoms with E-state index in [1.54, 1.807) is 0 Å². The number of nitrogens with one attached hydrogen (secondary N) is 1. The van der Waals surface area contributed by atoms with Crippen LogP contribution in [0.25, 0.3) is 0 Å². The molecule has 82 valence electrons. The Kier molecular flexibility index (Phi) is 4.67. The number of allylic oxidation sites excluding steroid dienone is 1. The lowest BCUT2D eigenvalue weighted by Crippen LogP contribution is -2.31. The molecular weight excluding hydrogens is 170 g/mol. The maximum Gasteiger partial charge on any atom is -0.00208 e. The Morgan fingerprint density at radius 2 is 2.07 bits per heavy atom. The fourth-order valence-corrected chi connectivity index (χ4v) is 2.79. The Morgan fingerprint density at radius 3 is 2.64 bits per heavy atom. The van der Waals surface area contributed by atoms with Gasteiger partial charge in [-0.3, -0.25) is 0 Å². The fourth-order valence-electron chi connectivity index (χ4n) is 2.79. The first-order valence-corrected chi connectivity index (χ1v) is 5.92. The topological polar surface area (TPSA) is 12.0 Å². The Morgan fingerprint density at radius 1 is 1.36 bits per heavy atom. The molecule has 1 aliphatic rings. The predicted octanol–water partition coefficient (Wildman–Crippen LogP) is 3.22. The third-order valence-electron chi connectivity index (χ3n) is 3.48. The minimum absolute atomic E-state index is 0.878. The second-order valence-electron chi connectivity index (χ2n) is 5.16. The number of hydrogen-bond acceptors (Lipinski definition) is 1. The molecule has 14 heavy (non-hydrogen) atoms. The first-order valence-electron chi connectivity index (χ1n) is 5.92. The van der Waals surface area contributed by atoms with Gasteiger partial charge in [0.1, 0.15) is 0 Å². The van der Waals surface area contributed by atoms with E-state index in [1.165, 1.54) is 37.8 Å². The zero-order valence-electron chi connectivity index (χ0n) is 9.97. The van der Waals surface area contributed by atoms with Crippen molar-refractivity contribution in [2.45, 2.75) is 39.5 Å². The average molecular weight is 195 g/mol. The van der Waals surface area contributed by atoms with Crippen molar-refractivity contribution in [2.75, 3.05) is 13.6 Å². The molecule has 0 amide bonds. The van der Waals surface area contributed by atoms with Crippen LogP contribution in [0.5, 0.6) is 0 Å². The van der Waals surface area contributed by atoms with Crippen LogP contribution in [0.2, 0.25) is 0 Å². The minimum Gasteiger partial charge on any atom is -0.319 e. The lowest BCUT2D eigenvalue weighted by Gasteiger charge is -2.35. The van der Waals surface area contributed by atoms with Crippen LogP contribution in [-0.2, 0) is 0 Å². The van der Waals surface area contributed by atoms with E-state index in [-0.39, 0.29) is 0 Å². The standard InChI is InChI=1S/C13H25N/c1-10(2)7-13-8-11(3)5-6-12(13)9-14-4/h11-14H,1,5-9H2,2-4H3. The average Bonchev–Trinajstić information content (AvgIpc) is 2.09. The third-order valence-corrected chi connectivity index (χ3v) is 3.48. The second kappa shape index (κ2) is 5.55. The first-order chi connectivity index (χ1) is 6.63. The Labute approximate surface area is 89.0 Å². The molecule has 1 fully saturated rings. The normalized spacial score (nSPS) is 32.9. The largest absolute Gasteiger partial charge is 0.319 e. The van der Waals surface area contributed by atoms with Gasteiger partial charge in [-0.2, -0.15) is 0 Å². The van der Waals surface area contributed by atoms with Crippen LogP contribution in [0.4, 0.5) is 0 Å². The van der Waals surface area contributed by atoms with Gasteiger partial charge in [0.2, 0.25) is 0 Å². The number of rotatable bonds is 4. The van der Waals surface area contributed by atoms with Crippen LogP contribution in [-0.4, -0.2) is 13.6 Å². The van der Waals surface area contributed by atoms with Crippen LogP contribution >= 0.6 is 0 Å². The highest BCUT2D eigenvalue weighted by Crippen LogP contribution is 2.36. The molecule has 3 unspecified atom stereocenters. The van der Waals surface area contributed by atoms with Crippen LogP contribution in [0.1, 0.15) is 39.5 Å². The van der Waals surface area contributed by atoms with Crippen LogP contribution in [0.15, 0.2) is 12.2 Å². The molecule has 0 aromatic carbocycles. The van der Waals surface area contributed by atoms with E-state index in [1.807, 2.05) is 0 Å². The van der Waals surface area contributed by atoms with Crippen molar-refractivity contribution < 1.29 is 0 Å². The minimum atomic E-state index is 0.878. The van der Waals surface area contributed by atoms with Gasteiger partial charge in [0.05, 0.1) is 0 Å². The van der Waals surface area contributed by atoms with E-state index in [9.17, 15) is 0 Å². The van der Waals surface area contributed by atoms with Crippen LogP contribution < -0.4 is 5.32 Å². The summed E-state index contributed by atoms with van der Waals surface area (Å²) in [5.41, 5.74) is 1.35. The molecule has 1 saturated carbocycles. The van der Waals surface area contributed by atoms with Crippen molar-refractivity contribution >= 4 is 0 Å². The molecule has 1 rings (SSSR count). The summed E-state index contributed by atoms with van der Waals surface area (Å²) >= 11 is 0. The van der Waals surface area contributed by atoms with E-state index in [0.717, 1.165) is 17.8 Å². The van der Waals surface area contributed by atoms with E-state index in [2.05, 4.69) is 32.8 Å².